The molecule has 228 valence electrons. The molecule has 0 saturated heterocycles. The number of aromatic nitrogens is 3. The van der Waals surface area contributed by atoms with Crippen molar-refractivity contribution in [1.29, 1.82) is 0 Å². The zero-order valence-corrected chi connectivity index (χ0v) is 26.1. The van der Waals surface area contributed by atoms with Crippen LogP contribution < -0.4 is 16.0 Å². The van der Waals surface area contributed by atoms with Crippen LogP contribution in [0.5, 0.6) is 0 Å². The molecule has 41 heavy (non-hydrogen) atoms. The van der Waals surface area contributed by atoms with E-state index in [4.69, 9.17) is 14.6 Å². The second-order valence-corrected chi connectivity index (χ2v) is 12.0. The van der Waals surface area contributed by atoms with Crippen molar-refractivity contribution in [3.05, 3.63) is 46.5 Å². The number of aliphatic hydroxyl groups excluding tert-OH is 1. The second kappa shape index (κ2) is 16.3. The summed E-state index contributed by atoms with van der Waals surface area (Å²) in [5, 5.41) is 21.4. The molecule has 4 N–H and O–H groups in total. The number of nitrogens with zero attached hydrogens (tertiary/aromatic N) is 3. The number of halogens is 1. The summed E-state index contributed by atoms with van der Waals surface area (Å²) in [6, 6.07) is 7.43. The number of nitrogens with one attached hydrogen (secondary N) is 3. The molecule has 0 bridgehead atoms. The Morgan fingerprint density at radius 2 is 1.80 bits per heavy atom. The van der Waals surface area contributed by atoms with Gasteiger partial charge in [0.05, 0.1) is 12.6 Å². The molecule has 0 aliphatic carbocycles. The fourth-order valence-electron chi connectivity index (χ4n) is 3.84. The average molecular weight is 640 g/mol. The maximum atomic E-state index is 13.4. The summed E-state index contributed by atoms with van der Waals surface area (Å²) in [6.07, 6.45) is 3.42. The third-order valence-corrected chi connectivity index (χ3v) is 6.70. The van der Waals surface area contributed by atoms with Gasteiger partial charge in [-0.3, -0.25) is 4.79 Å². The first-order valence-electron chi connectivity index (χ1n) is 13.8. The number of aliphatic hydroxyl groups is 1. The molecule has 13 heteroatoms. The van der Waals surface area contributed by atoms with Gasteiger partial charge in [0.2, 0.25) is 5.91 Å². The predicted molar refractivity (Wildman–Crippen MR) is 157 cm³/mol. The van der Waals surface area contributed by atoms with Crippen LogP contribution in [0, 0.1) is 0 Å². The molecule has 0 spiro atoms. The van der Waals surface area contributed by atoms with Gasteiger partial charge in [0.15, 0.2) is 0 Å². The van der Waals surface area contributed by atoms with Crippen molar-refractivity contribution in [2.75, 3.05) is 19.8 Å². The van der Waals surface area contributed by atoms with Gasteiger partial charge < -0.3 is 30.5 Å². The summed E-state index contributed by atoms with van der Waals surface area (Å²) < 4.78 is 13.2. The number of ether oxygens (including phenoxy) is 2. The highest BCUT2D eigenvalue weighted by Gasteiger charge is 2.34. The van der Waals surface area contributed by atoms with Crippen LogP contribution in [0.1, 0.15) is 77.7 Å². The molecule has 12 nitrogen and oxygen atoms in total. The van der Waals surface area contributed by atoms with Gasteiger partial charge in [-0.15, -0.1) is 0 Å². The Kier molecular flexibility index (Phi) is 13.5. The van der Waals surface area contributed by atoms with Crippen LogP contribution >= 0.6 is 15.9 Å². The van der Waals surface area contributed by atoms with Gasteiger partial charge in [-0.2, -0.15) is 5.10 Å². The number of carbonyl (C=O) groups excluding carboxylic acids is 3. The highest BCUT2D eigenvalue weighted by Crippen LogP contribution is 2.23. The van der Waals surface area contributed by atoms with Gasteiger partial charge in [0.1, 0.15) is 29.9 Å². The second-order valence-electron chi connectivity index (χ2n) is 11.1. The van der Waals surface area contributed by atoms with E-state index in [0.29, 0.717) is 31.6 Å². The molecular weight excluding hydrogens is 596 g/mol. The quantitative estimate of drug-likeness (QED) is 0.213. The monoisotopic (exact) mass is 638 g/mol. The molecule has 0 fully saturated rings. The number of hydrogen-bond acceptors (Lipinski definition) is 8. The van der Waals surface area contributed by atoms with E-state index in [-0.39, 0.29) is 19.8 Å². The third kappa shape index (κ3) is 12.5. The largest absolute Gasteiger partial charge is 0.448 e. The number of unbranched alkanes of at least 4 members (excludes halogenated alkanes) is 1. The number of alkyl carbamates (subject to hydrolysis) is 2. The van der Waals surface area contributed by atoms with E-state index in [1.807, 2.05) is 24.3 Å². The lowest BCUT2D eigenvalue weighted by Crippen LogP contribution is -2.56. The number of aryl methyl sites for hydroxylation is 1. The normalized spacial score (nSPS) is 12.4. The first kappa shape index (κ1) is 34.0. The number of amides is 3. The molecule has 3 amide bonds. The van der Waals surface area contributed by atoms with Crippen LogP contribution in [-0.2, 0) is 27.2 Å². The number of carbonyl (C=O) groups is 3. The topological polar surface area (TPSA) is 157 Å². The van der Waals surface area contributed by atoms with Crippen molar-refractivity contribution in [2.45, 2.75) is 90.4 Å². The summed E-state index contributed by atoms with van der Waals surface area (Å²) >= 11 is 3.58. The summed E-state index contributed by atoms with van der Waals surface area (Å²) in [6.45, 7) is 9.20. The summed E-state index contributed by atoms with van der Waals surface area (Å²) in [4.78, 5) is 42.1. The van der Waals surface area contributed by atoms with Crippen molar-refractivity contribution in [3.8, 4) is 0 Å². The smallest absolute Gasteiger partial charge is 0.408 e. The molecule has 0 radical (unpaired) electrons. The van der Waals surface area contributed by atoms with E-state index in [0.717, 1.165) is 22.9 Å². The van der Waals surface area contributed by atoms with Crippen LogP contribution in [0.2, 0.25) is 0 Å². The maximum Gasteiger partial charge on any atom is 0.408 e. The van der Waals surface area contributed by atoms with Gasteiger partial charge in [-0.25, -0.2) is 19.3 Å². The van der Waals surface area contributed by atoms with Crippen molar-refractivity contribution in [1.82, 2.24) is 30.7 Å². The van der Waals surface area contributed by atoms with Gasteiger partial charge in [-0.1, -0.05) is 34.1 Å². The Hall–Kier alpha value is -3.19. The van der Waals surface area contributed by atoms with Crippen LogP contribution in [-0.4, -0.2) is 68.9 Å². The van der Waals surface area contributed by atoms with Gasteiger partial charge >= 0.3 is 12.2 Å². The molecular formula is C28H43BrN6O6. The zero-order valence-electron chi connectivity index (χ0n) is 24.5. The Morgan fingerprint density at radius 3 is 2.49 bits per heavy atom. The molecule has 0 aliphatic rings. The summed E-state index contributed by atoms with van der Waals surface area (Å²) in [7, 11) is 0. The van der Waals surface area contributed by atoms with Crippen molar-refractivity contribution in [2.24, 2.45) is 0 Å². The molecule has 1 atom stereocenters. The highest BCUT2D eigenvalue weighted by atomic mass is 79.9. The highest BCUT2D eigenvalue weighted by molar-refractivity contribution is 9.10. The summed E-state index contributed by atoms with van der Waals surface area (Å²) in [5.41, 5.74) is -0.838. The van der Waals surface area contributed by atoms with Gasteiger partial charge in [-0.05, 0) is 78.4 Å². The van der Waals surface area contributed by atoms with Crippen molar-refractivity contribution in [3.63, 3.8) is 0 Å². The minimum absolute atomic E-state index is 0.0471. The lowest BCUT2D eigenvalue weighted by molar-refractivity contribution is -0.127. The third-order valence-electron chi connectivity index (χ3n) is 5.93. The lowest BCUT2D eigenvalue weighted by Gasteiger charge is -2.29. The number of benzene rings is 1. The Balaban J connectivity index is 2.10. The van der Waals surface area contributed by atoms with Crippen LogP contribution in [0.25, 0.3) is 0 Å². The van der Waals surface area contributed by atoms with E-state index >= 15 is 0 Å². The van der Waals surface area contributed by atoms with E-state index < -0.39 is 35.3 Å². The Morgan fingerprint density at radius 1 is 1.07 bits per heavy atom. The molecule has 2 rings (SSSR count). The summed E-state index contributed by atoms with van der Waals surface area (Å²) in [5.74, 6) is 0.0906. The van der Waals surface area contributed by atoms with Crippen molar-refractivity contribution >= 4 is 34.0 Å². The fraction of sp³-hybridized carbons (Fsp3) is 0.607. The van der Waals surface area contributed by atoms with E-state index in [2.05, 4.69) is 42.0 Å². The average Bonchev–Trinajstić information content (AvgIpc) is 3.34. The molecule has 0 saturated carbocycles. The zero-order chi connectivity index (χ0) is 30.5. The van der Waals surface area contributed by atoms with Crippen LogP contribution in [0.3, 0.4) is 0 Å². The van der Waals surface area contributed by atoms with E-state index in [9.17, 15) is 14.4 Å². The van der Waals surface area contributed by atoms with E-state index in [1.54, 1.807) is 39.3 Å². The number of hydrogen-bond donors (Lipinski definition) is 4. The van der Waals surface area contributed by atoms with E-state index in [1.165, 1.54) is 6.33 Å². The first-order chi connectivity index (χ1) is 19.3. The molecule has 1 unspecified atom stereocenters. The van der Waals surface area contributed by atoms with Crippen molar-refractivity contribution < 1.29 is 29.0 Å². The molecule has 1 aromatic heterocycles. The molecule has 1 aromatic carbocycles. The van der Waals surface area contributed by atoms with Gasteiger partial charge in [0.25, 0.3) is 0 Å². The first-order valence-corrected chi connectivity index (χ1v) is 14.6. The minimum atomic E-state index is -1.27. The molecule has 2 aromatic rings. The fourth-order valence-corrected chi connectivity index (χ4v) is 4.32. The van der Waals surface area contributed by atoms with Crippen LogP contribution in [0.15, 0.2) is 35.1 Å². The lowest BCUT2D eigenvalue weighted by atomic mass is 10.0. The Bertz CT molecular complexity index is 1130. The molecule has 0 aliphatic heterocycles. The standard InChI is InChI=1S/C28H43BrN6O6/c1-27(2,3)41-26(39)34-28(4,5)24(37)33-22(14-10-12-20-11-6-7-13-21(20)29)23-31-19-32-35(23)16-18-40-25(38)30-15-8-9-17-36/h6-7,11,13,19,22,36H,8-10,12,14-18H2,1-5H3,(H,30,38)(H,33,37)(H,34,39). The van der Waals surface area contributed by atoms with Gasteiger partial charge in [0, 0.05) is 17.6 Å². The maximum absolute atomic E-state index is 13.4. The minimum Gasteiger partial charge on any atom is -0.448 e. The SMILES string of the molecule is CC(C)(C)OC(=O)NC(C)(C)C(=O)NC(CCCc1ccccc1Br)c1ncnn1CCOC(=O)NCCCCO. The molecule has 1 heterocycles. The Labute approximate surface area is 250 Å². The predicted octanol–water partition coefficient (Wildman–Crippen LogP) is 4.02. The number of rotatable bonds is 15. The van der Waals surface area contributed by atoms with Crippen LogP contribution in [0.4, 0.5) is 9.59 Å².